The lowest BCUT2D eigenvalue weighted by atomic mass is 9.54. The van der Waals surface area contributed by atoms with Gasteiger partial charge in [0.1, 0.15) is 0 Å². The number of aliphatic hydroxyl groups excluding tert-OH is 1. The summed E-state index contributed by atoms with van der Waals surface area (Å²) in [6.45, 7) is 4.62. The van der Waals surface area contributed by atoms with Gasteiger partial charge in [0, 0.05) is 23.6 Å². The summed E-state index contributed by atoms with van der Waals surface area (Å²) < 4.78 is 0. The Morgan fingerprint density at radius 1 is 1.11 bits per heavy atom. The van der Waals surface area contributed by atoms with Gasteiger partial charge in [-0.3, -0.25) is 4.79 Å². The Balaban J connectivity index is 0.000000848. The summed E-state index contributed by atoms with van der Waals surface area (Å²) in [5.41, 5.74) is 3.81. The Morgan fingerprint density at radius 2 is 1.89 bits per heavy atom. The molecule has 1 saturated carbocycles. The van der Waals surface area contributed by atoms with Crippen LogP contribution < -0.4 is 10.9 Å². The molecule has 192 valence electrons. The van der Waals surface area contributed by atoms with E-state index in [1.165, 1.54) is 16.7 Å². The highest BCUT2D eigenvalue weighted by molar-refractivity contribution is 5.87. The number of hydrogen-bond donors (Lipinski definition) is 4. The topological polar surface area (TPSA) is 85.3 Å². The number of aromatic nitrogens is 1. The van der Waals surface area contributed by atoms with Crippen LogP contribution in [0.4, 0.5) is 0 Å². The van der Waals surface area contributed by atoms with Gasteiger partial charge in [-0.1, -0.05) is 49.8 Å². The van der Waals surface area contributed by atoms with Crippen molar-refractivity contribution in [3.8, 4) is 0 Å². The quantitative estimate of drug-likeness (QED) is 0.457. The van der Waals surface area contributed by atoms with E-state index in [1.807, 2.05) is 20.2 Å². The summed E-state index contributed by atoms with van der Waals surface area (Å²) in [4.78, 5) is 14.5. The third kappa shape index (κ3) is 4.02. The monoisotopic (exact) mass is 488 g/mol. The highest BCUT2D eigenvalue weighted by Crippen LogP contribution is 2.63. The first-order chi connectivity index (χ1) is 17.2. The molecule has 5 heteroatoms. The smallest absolute Gasteiger partial charge is 0.248 e. The molecule has 0 bridgehead atoms. The summed E-state index contributed by atoms with van der Waals surface area (Å²) >= 11 is 0. The van der Waals surface area contributed by atoms with Gasteiger partial charge in [-0.05, 0) is 98.0 Å². The van der Waals surface area contributed by atoms with Gasteiger partial charge in [0.15, 0.2) is 0 Å². The fraction of sp³-hybridized carbons (Fsp3) is 0.516. The van der Waals surface area contributed by atoms with Gasteiger partial charge in [0.25, 0.3) is 0 Å². The summed E-state index contributed by atoms with van der Waals surface area (Å²) in [6, 6.07) is 7.98. The number of pyridine rings is 1. The molecule has 4 aliphatic rings. The molecule has 1 aromatic carbocycles. The maximum Gasteiger partial charge on any atom is 0.248 e. The highest BCUT2D eigenvalue weighted by Gasteiger charge is 2.58. The third-order valence-corrected chi connectivity index (χ3v) is 9.43. The molecule has 1 aromatic heterocycles. The Hall–Kier alpha value is -2.47. The predicted octanol–water partition coefficient (Wildman–Crippen LogP) is 4.96. The van der Waals surface area contributed by atoms with E-state index in [0.29, 0.717) is 5.92 Å². The number of allylic oxidation sites excluding steroid dienone is 3. The molecule has 4 aliphatic carbocycles. The molecule has 6 atom stereocenters. The van der Waals surface area contributed by atoms with E-state index >= 15 is 0 Å². The Bertz CT molecular complexity index is 1300. The van der Waals surface area contributed by atoms with Crippen LogP contribution >= 0.6 is 0 Å². The molecule has 0 radical (unpaired) electrons. The normalized spacial score (nSPS) is 35.2. The second-order valence-electron chi connectivity index (χ2n) is 11.6. The van der Waals surface area contributed by atoms with Crippen molar-refractivity contribution >= 4 is 16.3 Å². The van der Waals surface area contributed by atoms with Crippen molar-refractivity contribution in [3.63, 3.8) is 0 Å². The molecule has 1 heterocycles. The minimum absolute atomic E-state index is 0.0845. The zero-order valence-electron chi connectivity index (χ0n) is 22.0. The van der Waals surface area contributed by atoms with E-state index in [4.69, 9.17) is 0 Å². The van der Waals surface area contributed by atoms with Gasteiger partial charge < -0.3 is 20.5 Å². The van der Waals surface area contributed by atoms with Crippen molar-refractivity contribution in [2.45, 2.75) is 64.1 Å². The summed E-state index contributed by atoms with van der Waals surface area (Å²) in [5, 5.41) is 27.2. The largest absolute Gasteiger partial charge is 0.393 e. The Morgan fingerprint density at radius 3 is 2.67 bits per heavy atom. The summed E-state index contributed by atoms with van der Waals surface area (Å²) in [7, 11) is 3.75. The fourth-order valence-corrected chi connectivity index (χ4v) is 7.40. The zero-order valence-corrected chi connectivity index (χ0v) is 22.0. The molecule has 1 fully saturated rings. The van der Waals surface area contributed by atoms with Gasteiger partial charge in [-0.25, -0.2) is 0 Å². The van der Waals surface area contributed by atoms with Crippen LogP contribution in [0.3, 0.4) is 0 Å². The molecule has 0 aliphatic heterocycles. The number of benzene rings is 1. The second kappa shape index (κ2) is 9.44. The van der Waals surface area contributed by atoms with Gasteiger partial charge in [-0.15, -0.1) is 0 Å². The number of H-pyrrole nitrogens is 1. The highest BCUT2D eigenvalue weighted by atomic mass is 16.3. The molecular weight excluding hydrogens is 448 g/mol. The predicted molar refractivity (Wildman–Crippen MR) is 147 cm³/mol. The van der Waals surface area contributed by atoms with Crippen molar-refractivity contribution in [2.75, 3.05) is 14.1 Å². The minimum atomic E-state index is -0.836. The lowest BCUT2D eigenvalue weighted by Crippen LogP contribution is -2.51. The number of aromatic amines is 1. The first kappa shape index (κ1) is 25.2. The number of aliphatic hydroxyl groups is 2. The van der Waals surface area contributed by atoms with Gasteiger partial charge in [-0.2, -0.15) is 0 Å². The molecular formula is C31H40N2O3. The van der Waals surface area contributed by atoms with E-state index in [-0.39, 0.29) is 28.9 Å². The Kier molecular flexibility index (Phi) is 6.61. The van der Waals surface area contributed by atoms with Crippen LogP contribution in [-0.4, -0.2) is 41.0 Å². The molecule has 5 unspecified atom stereocenters. The van der Waals surface area contributed by atoms with E-state index in [2.05, 4.69) is 54.5 Å². The lowest BCUT2D eigenvalue weighted by molar-refractivity contribution is -0.0455. The standard InChI is InChI=1S/C29H33NO3.C2H7N/c1-17-11-23-13-21-14-24(31)6-5-18(21)9-10-29(23,33)26-8-7-25(28(17,26)2)20-4-3-19-15-27(32)30-16-22(19)12-20;1-3-2/h3-4,7,11-13,15-18,24,26,31,33H,5-6,8-10,14H2,1-2H3,(H,30,32);3H,1-2H3/t17?,18?,24?,26?,28?,29-;/m1./s1. The summed E-state index contributed by atoms with van der Waals surface area (Å²) in [5.74, 6) is 0.893. The number of fused-ring (bicyclic) bond motifs is 5. The fourth-order valence-electron chi connectivity index (χ4n) is 7.40. The van der Waals surface area contributed by atoms with Crippen molar-refractivity contribution in [3.05, 3.63) is 75.8 Å². The molecule has 4 N–H and O–H groups in total. The molecule has 36 heavy (non-hydrogen) atoms. The second-order valence-corrected chi connectivity index (χ2v) is 11.6. The van der Waals surface area contributed by atoms with Crippen LogP contribution in [0, 0.1) is 23.2 Å². The third-order valence-electron chi connectivity index (χ3n) is 9.43. The maximum atomic E-state index is 12.3. The number of nitrogens with one attached hydrogen (secondary N) is 2. The average Bonchev–Trinajstić information content (AvgIpc) is 3.15. The van der Waals surface area contributed by atoms with Gasteiger partial charge >= 0.3 is 0 Å². The van der Waals surface area contributed by atoms with Gasteiger partial charge in [0.2, 0.25) is 5.56 Å². The van der Waals surface area contributed by atoms with Crippen LogP contribution in [0.25, 0.3) is 16.3 Å². The summed E-state index contributed by atoms with van der Waals surface area (Å²) in [6.07, 6.45) is 13.7. The molecule has 5 nitrogen and oxygen atoms in total. The first-order valence-electron chi connectivity index (χ1n) is 13.5. The van der Waals surface area contributed by atoms with Crippen LogP contribution in [-0.2, 0) is 0 Å². The van der Waals surface area contributed by atoms with Crippen molar-refractivity contribution in [1.82, 2.24) is 10.3 Å². The number of hydrogen-bond acceptors (Lipinski definition) is 4. The van der Waals surface area contributed by atoms with Crippen LogP contribution in [0.15, 0.2) is 64.6 Å². The molecule has 6 rings (SSSR count). The van der Waals surface area contributed by atoms with Gasteiger partial charge in [0.05, 0.1) is 11.7 Å². The molecule has 0 amide bonds. The first-order valence-corrected chi connectivity index (χ1v) is 13.5. The van der Waals surface area contributed by atoms with Crippen LogP contribution in [0.2, 0.25) is 0 Å². The molecule has 2 aromatic rings. The SMILES string of the molecule is CC1C=C2C=C3CC(O)CCC3CC[C@]2(O)C2CC=C(c3ccc4cc(=O)[nH]cc4c3)C12C.CNC. The minimum Gasteiger partial charge on any atom is -0.393 e. The van der Waals surface area contributed by atoms with Crippen molar-refractivity contribution in [2.24, 2.45) is 23.2 Å². The average molecular weight is 489 g/mol. The maximum absolute atomic E-state index is 12.3. The zero-order chi connectivity index (χ0) is 25.7. The van der Waals surface area contributed by atoms with E-state index in [0.717, 1.165) is 54.9 Å². The number of rotatable bonds is 1. The Labute approximate surface area is 214 Å². The molecule has 0 saturated heterocycles. The van der Waals surface area contributed by atoms with Crippen LogP contribution in [0.1, 0.15) is 57.9 Å². The van der Waals surface area contributed by atoms with E-state index in [9.17, 15) is 15.0 Å². The lowest BCUT2D eigenvalue weighted by Gasteiger charge is -2.51. The van der Waals surface area contributed by atoms with E-state index in [1.54, 1.807) is 12.3 Å². The van der Waals surface area contributed by atoms with Crippen molar-refractivity contribution in [1.29, 1.82) is 0 Å². The van der Waals surface area contributed by atoms with Crippen LogP contribution in [0.5, 0.6) is 0 Å². The van der Waals surface area contributed by atoms with E-state index < -0.39 is 5.60 Å². The molecule has 0 spiro atoms. The van der Waals surface area contributed by atoms with Crippen molar-refractivity contribution < 1.29 is 10.2 Å².